The van der Waals surface area contributed by atoms with Gasteiger partial charge in [0.15, 0.2) is 11.4 Å². The summed E-state index contributed by atoms with van der Waals surface area (Å²) in [6, 6.07) is 3.43. The number of phenols is 1. The molecule has 0 saturated heterocycles. The Balaban J connectivity index is 2.09. The van der Waals surface area contributed by atoms with E-state index in [4.69, 9.17) is 9.47 Å². The number of aromatic hydroxyl groups is 1. The van der Waals surface area contributed by atoms with Crippen molar-refractivity contribution in [2.24, 2.45) is 0 Å². The molecule has 21 heavy (non-hydrogen) atoms. The Hall–Kier alpha value is -2.56. The zero-order chi connectivity index (χ0) is 15.2. The highest BCUT2D eigenvalue weighted by Gasteiger charge is 2.47. The number of methoxy groups -OCH3 is 1. The van der Waals surface area contributed by atoms with Gasteiger partial charge < -0.3 is 14.6 Å². The van der Waals surface area contributed by atoms with E-state index in [2.05, 4.69) is 0 Å². The minimum Gasteiger partial charge on any atom is -0.508 e. The predicted molar refractivity (Wildman–Crippen MR) is 74.2 cm³/mol. The highest BCUT2D eigenvalue weighted by Crippen LogP contribution is 2.45. The van der Waals surface area contributed by atoms with Crippen molar-refractivity contribution >= 4 is 11.8 Å². The number of esters is 1. The fourth-order valence-electron chi connectivity index (χ4n) is 2.73. The van der Waals surface area contributed by atoms with Crippen molar-refractivity contribution in [3.8, 4) is 11.5 Å². The van der Waals surface area contributed by atoms with Crippen molar-refractivity contribution in [3.05, 3.63) is 47.1 Å². The van der Waals surface area contributed by atoms with Crippen LogP contribution in [0.2, 0.25) is 0 Å². The van der Waals surface area contributed by atoms with Gasteiger partial charge >= 0.3 is 5.97 Å². The molecule has 1 aliphatic carbocycles. The summed E-state index contributed by atoms with van der Waals surface area (Å²) in [4.78, 5) is 23.5. The first-order valence-electron chi connectivity index (χ1n) is 6.50. The summed E-state index contributed by atoms with van der Waals surface area (Å²) in [5, 5.41) is 10.1. The lowest BCUT2D eigenvalue weighted by atomic mass is 9.84. The highest BCUT2D eigenvalue weighted by atomic mass is 16.5. The molecule has 0 radical (unpaired) electrons. The zero-order valence-electron chi connectivity index (χ0n) is 11.7. The molecule has 0 saturated carbocycles. The maximum atomic E-state index is 12.0. The Bertz CT molecular complexity index is 714. The Labute approximate surface area is 121 Å². The van der Waals surface area contributed by atoms with Crippen LogP contribution in [-0.4, -0.2) is 29.6 Å². The molecular formula is C16H14O5. The number of allylic oxidation sites excluding steroid dienone is 2. The molecule has 1 aromatic carbocycles. The van der Waals surface area contributed by atoms with E-state index in [9.17, 15) is 14.7 Å². The van der Waals surface area contributed by atoms with E-state index in [1.54, 1.807) is 18.2 Å². The van der Waals surface area contributed by atoms with Gasteiger partial charge in [-0.25, -0.2) is 4.79 Å². The molecule has 1 N–H and O–H groups in total. The largest absolute Gasteiger partial charge is 0.508 e. The monoisotopic (exact) mass is 286 g/mol. The summed E-state index contributed by atoms with van der Waals surface area (Å²) >= 11 is 0. The molecule has 0 aromatic heterocycles. The molecule has 1 atom stereocenters. The van der Waals surface area contributed by atoms with Gasteiger partial charge in [0, 0.05) is 18.1 Å². The van der Waals surface area contributed by atoms with Crippen molar-refractivity contribution in [1.82, 2.24) is 0 Å². The van der Waals surface area contributed by atoms with E-state index in [0.717, 1.165) is 5.56 Å². The van der Waals surface area contributed by atoms with Crippen molar-refractivity contribution in [1.29, 1.82) is 0 Å². The Morgan fingerprint density at radius 3 is 2.90 bits per heavy atom. The summed E-state index contributed by atoms with van der Waals surface area (Å²) < 4.78 is 10.7. The number of ether oxygens (including phenoxy) is 2. The van der Waals surface area contributed by atoms with E-state index >= 15 is 0 Å². The first kappa shape index (κ1) is 13.4. The van der Waals surface area contributed by atoms with Crippen LogP contribution in [0, 0.1) is 6.92 Å². The number of carbonyl (C=O) groups excluding carboxylic acids is 2. The Kier molecular flexibility index (Phi) is 2.86. The maximum absolute atomic E-state index is 12.0. The molecule has 1 aliphatic heterocycles. The Morgan fingerprint density at radius 2 is 2.19 bits per heavy atom. The second-order valence-electron chi connectivity index (χ2n) is 5.21. The molecule has 2 aliphatic rings. The van der Waals surface area contributed by atoms with Gasteiger partial charge in [0.1, 0.15) is 11.5 Å². The average molecular weight is 286 g/mol. The normalized spacial score (nSPS) is 22.8. The number of hydrogen-bond donors (Lipinski definition) is 1. The summed E-state index contributed by atoms with van der Waals surface area (Å²) in [6.07, 6.45) is 4.42. The number of hydrogen-bond acceptors (Lipinski definition) is 5. The molecule has 0 amide bonds. The summed E-state index contributed by atoms with van der Waals surface area (Å²) in [5.41, 5.74) is 0.525. The molecule has 0 bridgehead atoms. The van der Waals surface area contributed by atoms with Gasteiger partial charge in [-0.2, -0.15) is 0 Å². The van der Waals surface area contributed by atoms with Gasteiger partial charge in [0.25, 0.3) is 0 Å². The Morgan fingerprint density at radius 1 is 1.43 bits per heavy atom. The standard InChI is InChI=1S/C16H14O5/c1-9-5-13(18)11-8-16(21-14(11)6-9)4-3-10(17)7-12(16)15(19)20-2/h3-7,18H,8H2,1-2H3. The second kappa shape index (κ2) is 4.48. The molecule has 5 heteroatoms. The molecule has 1 heterocycles. The number of carbonyl (C=O) groups is 2. The molecule has 108 valence electrons. The van der Waals surface area contributed by atoms with Crippen LogP contribution in [0.5, 0.6) is 11.5 Å². The number of rotatable bonds is 1. The van der Waals surface area contributed by atoms with Crippen molar-refractivity contribution < 1.29 is 24.2 Å². The van der Waals surface area contributed by atoms with Gasteiger partial charge in [-0.3, -0.25) is 4.79 Å². The van der Waals surface area contributed by atoms with Crippen molar-refractivity contribution in [3.63, 3.8) is 0 Å². The van der Waals surface area contributed by atoms with E-state index in [1.165, 1.54) is 19.3 Å². The van der Waals surface area contributed by atoms with Crippen LogP contribution in [0.1, 0.15) is 11.1 Å². The van der Waals surface area contributed by atoms with E-state index in [0.29, 0.717) is 11.3 Å². The van der Waals surface area contributed by atoms with Crippen LogP contribution < -0.4 is 4.74 Å². The quantitative estimate of drug-likeness (QED) is 0.794. The third-order valence-electron chi connectivity index (χ3n) is 3.73. The van der Waals surface area contributed by atoms with Crippen molar-refractivity contribution in [2.45, 2.75) is 18.9 Å². The fraction of sp³-hybridized carbons (Fsp3) is 0.250. The first-order valence-corrected chi connectivity index (χ1v) is 6.50. The molecular weight excluding hydrogens is 272 g/mol. The number of phenolic OH excluding ortho intramolecular Hbond substituents is 1. The second-order valence-corrected chi connectivity index (χ2v) is 5.21. The molecule has 0 fully saturated rings. The lowest BCUT2D eigenvalue weighted by Crippen LogP contribution is -2.40. The van der Waals surface area contributed by atoms with Gasteiger partial charge in [-0.1, -0.05) is 0 Å². The lowest BCUT2D eigenvalue weighted by Gasteiger charge is -2.28. The molecule has 1 spiro atoms. The zero-order valence-corrected chi connectivity index (χ0v) is 11.7. The van der Waals surface area contributed by atoms with Crippen LogP contribution in [0.3, 0.4) is 0 Å². The van der Waals surface area contributed by atoms with Crippen LogP contribution in [0.15, 0.2) is 35.9 Å². The maximum Gasteiger partial charge on any atom is 0.338 e. The number of fused-ring (bicyclic) bond motifs is 1. The van der Waals surface area contributed by atoms with E-state index in [-0.39, 0.29) is 23.5 Å². The SMILES string of the molecule is COC(=O)C1=CC(=O)C=CC12Cc1c(O)cc(C)cc1O2. The van der Waals surface area contributed by atoms with Gasteiger partial charge in [-0.05, 0) is 36.8 Å². The smallest absolute Gasteiger partial charge is 0.338 e. The molecule has 3 rings (SSSR count). The summed E-state index contributed by atoms with van der Waals surface area (Å²) in [7, 11) is 1.25. The van der Waals surface area contributed by atoms with E-state index in [1.807, 2.05) is 6.92 Å². The van der Waals surface area contributed by atoms with E-state index < -0.39 is 11.6 Å². The van der Waals surface area contributed by atoms with Crippen LogP contribution in [0.4, 0.5) is 0 Å². The lowest BCUT2D eigenvalue weighted by molar-refractivity contribution is -0.138. The van der Waals surface area contributed by atoms with Crippen LogP contribution >= 0.6 is 0 Å². The van der Waals surface area contributed by atoms with Gasteiger partial charge in [-0.15, -0.1) is 0 Å². The first-order chi connectivity index (χ1) is 9.95. The minimum absolute atomic E-state index is 0.122. The van der Waals surface area contributed by atoms with Gasteiger partial charge in [0.2, 0.25) is 0 Å². The average Bonchev–Trinajstić information content (AvgIpc) is 2.80. The topological polar surface area (TPSA) is 72.8 Å². The third-order valence-corrected chi connectivity index (χ3v) is 3.73. The molecule has 1 aromatic rings. The molecule has 1 unspecified atom stereocenters. The fourth-order valence-corrected chi connectivity index (χ4v) is 2.73. The number of benzene rings is 1. The number of ketones is 1. The predicted octanol–water partition coefficient (Wildman–Crippen LogP) is 1.61. The van der Waals surface area contributed by atoms with Gasteiger partial charge in [0.05, 0.1) is 12.7 Å². The van der Waals surface area contributed by atoms with Crippen LogP contribution in [-0.2, 0) is 20.7 Å². The number of aryl methyl sites for hydroxylation is 1. The highest BCUT2D eigenvalue weighted by molar-refractivity contribution is 6.08. The summed E-state index contributed by atoms with van der Waals surface area (Å²) in [5.74, 6) is -0.268. The third kappa shape index (κ3) is 2.01. The van der Waals surface area contributed by atoms with Crippen LogP contribution in [0.25, 0.3) is 0 Å². The molecule has 5 nitrogen and oxygen atoms in total. The van der Waals surface area contributed by atoms with Crippen molar-refractivity contribution in [2.75, 3.05) is 7.11 Å². The minimum atomic E-state index is -1.09. The summed E-state index contributed by atoms with van der Waals surface area (Å²) in [6.45, 7) is 1.84.